The Bertz CT molecular complexity index is 2700. The van der Waals surface area contributed by atoms with Crippen LogP contribution in [-0.2, 0) is 63.8 Å². The second-order valence-electron chi connectivity index (χ2n) is 23.4. The summed E-state index contributed by atoms with van der Waals surface area (Å²) in [5.74, 6) is -5.06. The lowest BCUT2D eigenvalue weighted by Gasteiger charge is -2.41. The molecule has 2 saturated heterocycles. The van der Waals surface area contributed by atoms with Gasteiger partial charge in [-0.05, 0) is 73.1 Å². The maximum atomic E-state index is 14.9. The van der Waals surface area contributed by atoms with E-state index >= 15 is 0 Å². The first-order chi connectivity index (χ1) is 41.4. The predicted molar refractivity (Wildman–Crippen MR) is 327 cm³/mol. The molecule has 0 saturated carbocycles. The van der Waals surface area contributed by atoms with Gasteiger partial charge in [-0.15, -0.1) is 0 Å². The number of likely N-dealkylation sites (N-methyl/N-ethyl adjacent to an activating group) is 2. The molecule has 482 valence electrons. The van der Waals surface area contributed by atoms with Crippen LogP contribution >= 0.6 is 11.8 Å². The normalized spacial score (nSPS) is 20.6. The maximum Gasteiger partial charge on any atom is 0.412 e. The Morgan fingerprint density at radius 2 is 1.61 bits per heavy atom. The zero-order valence-corrected chi connectivity index (χ0v) is 53.6. The third-order valence-electron chi connectivity index (χ3n) is 16.8. The standard InChI is InChI=1S/C63H93N7O16S/c1-14-39(6)55(50(81-11)32-52(72)69-27-18-23-48(69)57(82-12)40(7)58(75)65-41(8)56(74)43-20-16-15-17-21-43)67(9)60(77)45(37(2)3)31-49(71)54(38(4)5)68(10)63(80)85-34-42-24-25-47(66-62(79)86-44-22-19-29-83-36-84-35-44)46(30-42)59(76)64-26-28-70-53(73)33-51(87-13)61(70)78/h15-17,19-22,24-25,30,37-41,44-45,48,50-51,54-57,74H,14,18,23,26-29,31-36H2,1-13H3,(H,64,76)(H,65,75)(H,66,79)/b22-19+/t39-,40+,41+,44?,45-,48-,50+,51?,54-,55-,56+,57+/m0/s1. The minimum atomic E-state index is -1.03. The number of likely N-dealkylation sites (tertiary alicyclic amines) is 2. The van der Waals surface area contributed by atoms with Gasteiger partial charge in [0.05, 0.1) is 84.5 Å². The van der Waals surface area contributed by atoms with Crippen molar-refractivity contribution in [2.24, 2.45) is 29.6 Å². The van der Waals surface area contributed by atoms with Gasteiger partial charge >= 0.3 is 12.2 Å². The number of carbonyl (C=O) groups excluding carboxylic acids is 9. The monoisotopic (exact) mass is 1240 g/mol. The molecule has 4 N–H and O–H groups in total. The van der Waals surface area contributed by atoms with Crippen LogP contribution in [0.3, 0.4) is 0 Å². The summed E-state index contributed by atoms with van der Waals surface area (Å²) in [6.45, 7) is 14.9. The first-order valence-corrected chi connectivity index (χ1v) is 31.3. The fraction of sp³-hybridized carbons (Fsp3) is 0.635. The highest BCUT2D eigenvalue weighted by Crippen LogP contribution is 2.32. The van der Waals surface area contributed by atoms with Crippen LogP contribution in [0.4, 0.5) is 15.3 Å². The molecular weight excluding hydrogens is 1140 g/mol. The summed E-state index contributed by atoms with van der Waals surface area (Å²) in [4.78, 5) is 130. The van der Waals surface area contributed by atoms with E-state index in [4.69, 9.17) is 28.4 Å². The number of hydrogen-bond acceptors (Lipinski definition) is 17. The number of amides is 8. The summed E-state index contributed by atoms with van der Waals surface area (Å²) < 4.78 is 34.0. The summed E-state index contributed by atoms with van der Waals surface area (Å²) in [5.41, 5.74) is 0.996. The number of nitrogens with one attached hydrogen (secondary N) is 3. The third kappa shape index (κ3) is 19.3. The van der Waals surface area contributed by atoms with Crippen molar-refractivity contribution in [1.29, 1.82) is 0 Å². The zero-order valence-electron chi connectivity index (χ0n) is 52.8. The lowest BCUT2D eigenvalue weighted by Crippen LogP contribution is -2.55. The predicted octanol–water partition coefficient (Wildman–Crippen LogP) is 6.37. The Hall–Kier alpha value is -6.44. The number of Topliss-reactive ketones (excluding diaryl/α,β-unsaturated/α-hetero) is 1. The fourth-order valence-corrected chi connectivity index (χ4v) is 12.3. The minimum Gasteiger partial charge on any atom is -0.445 e. The molecule has 0 radical (unpaired) electrons. The van der Waals surface area contributed by atoms with Crippen molar-refractivity contribution in [1.82, 2.24) is 30.2 Å². The number of thioether (sulfide) groups is 1. The summed E-state index contributed by atoms with van der Waals surface area (Å²) in [7, 11) is 6.13. The molecule has 0 bridgehead atoms. The molecule has 3 aliphatic heterocycles. The highest BCUT2D eigenvalue weighted by Gasteiger charge is 2.44. The number of hydrogen-bond donors (Lipinski definition) is 4. The minimum absolute atomic E-state index is 0.00804. The van der Waals surface area contributed by atoms with E-state index in [2.05, 4.69) is 16.0 Å². The maximum absolute atomic E-state index is 14.9. The van der Waals surface area contributed by atoms with Crippen molar-refractivity contribution < 1.29 is 76.7 Å². The highest BCUT2D eigenvalue weighted by molar-refractivity contribution is 8.00. The van der Waals surface area contributed by atoms with Crippen LogP contribution in [0.15, 0.2) is 60.7 Å². The summed E-state index contributed by atoms with van der Waals surface area (Å²) in [6.07, 6.45) is 1.83. The first-order valence-electron chi connectivity index (χ1n) is 30.0. The van der Waals surface area contributed by atoms with Gasteiger partial charge in [-0.25, -0.2) is 9.59 Å². The quantitative estimate of drug-likeness (QED) is 0.0489. The van der Waals surface area contributed by atoms with Gasteiger partial charge in [0.2, 0.25) is 29.5 Å². The van der Waals surface area contributed by atoms with Gasteiger partial charge in [0.1, 0.15) is 19.5 Å². The van der Waals surface area contributed by atoms with Crippen molar-refractivity contribution in [3.05, 3.63) is 77.4 Å². The molecule has 87 heavy (non-hydrogen) atoms. The zero-order chi connectivity index (χ0) is 64.2. The molecule has 0 aliphatic carbocycles. The molecule has 3 heterocycles. The average molecular weight is 1240 g/mol. The number of imide groups is 1. The van der Waals surface area contributed by atoms with E-state index in [0.717, 1.165) is 4.90 Å². The average Bonchev–Trinajstić information content (AvgIpc) is 4.32. The number of carbonyl (C=O) groups is 9. The molecule has 23 nitrogen and oxygen atoms in total. The molecular formula is C63H93N7O16S. The lowest BCUT2D eigenvalue weighted by molar-refractivity contribution is -0.149. The van der Waals surface area contributed by atoms with Crippen LogP contribution in [0.5, 0.6) is 0 Å². The van der Waals surface area contributed by atoms with Gasteiger partial charge in [-0.2, -0.15) is 11.8 Å². The Labute approximate surface area is 516 Å². The van der Waals surface area contributed by atoms with E-state index in [1.165, 1.54) is 56.1 Å². The SMILES string of the molecule is CC[C@H](C)[C@@H]([C@@H](CC(=O)N1CCC[C@H]1[C@H](OC)[C@@H](C)C(=O)N[C@H](C)[C@@H](O)c1ccccc1)OC)N(C)C(=O)[C@@H](CC(=O)[C@H](C(C)C)N(C)C(=O)OCc1ccc(NC(=O)OC2/C=C/COCOC2)c(C(=O)NCCN2C(=O)CC(SC)C2=O)c1)C(C)C. The molecule has 2 aromatic rings. The number of ketones is 1. The number of anilines is 1. The van der Waals surface area contributed by atoms with Crippen molar-refractivity contribution in [3.8, 4) is 0 Å². The summed E-state index contributed by atoms with van der Waals surface area (Å²) in [6, 6.07) is 10.8. The number of ether oxygens (including phenoxy) is 6. The van der Waals surface area contributed by atoms with Crippen LogP contribution in [-0.4, -0.2) is 200 Å². The van der Waals surface area contributed by atoms with Gasteiger partial charge in [0.15, 0.2) is 5.78 Å². The van der Waals surface area contributed by atoms with E-state index in [9.17, 15) is 48.3 Å². The molecule has 0 aromatic heterocycles. The molecule has 12 atom stereocenters. The fourth-order valence-electron chi connectivity index (χ4n) is 11.7. The Morgan fingerprint density at radius 3 is 2.24 bits per heavy atom. The first kappa shape index (κ1) is 71.3. The smallest absolute Gasteiger partial charge is 0.412 e. The van der Waals surface area contributed by atoms with Gasteiger partial charge in [-0.3, -0.25) is 43.8 Å². The van der Waals surface area contributed by atoms with Crippen molar-refractivity contribution in [2.45, 2.75) is 154 Å². The van der Waals surface area contributed by atoms with E-state index in [1.807, 2.05) is 45.9 Å². The van der Waals surface area contributed by atoms with E-state index in [0.29, 0.717) is 36.9 Å². The molecule has 2 unspecified atom stereocenters. The Morgan fingerprint density at radius 1 is 0.897 bits per heavy atom. The number of aliphatic hydroxyl groups excluding tert-OH is 1. The second-order valence-corrected chi connectivity index (χ2v) is 24.5. The summed E-state index contributed by atoms with van der Waals surface area (Å²) in [5, 5.41) is 18.7. The van der Waals surface area contributed by atoms with Crippen molar-refractivity contribution in [3.63, 3.8) is 0 Å². The van der Waals surface area contributed by atoms with Crippen LogP contribution in [0, 0.1) is 29.6 Å². The molecule has 5 rings (SSSR count). The number of rotatable bonds is 30. The van der Waals surface area contributed by atoms with Crippen LogP contribution < -0.4 is 16.0 Å². The Balaban J connectivity index is 1.26. The second kappa shape index (κ2) is 34.3. The highest BCUT2D eigenvalue weighted by atomic mass is 32.2. The molecule has 2 aromatic carbocycles. The number of methoxy groups -OCH3 is 2. The number of benzene rings is 2. The molecule has 0 spiro atoms. The molecule has 24 heteroatoms. The van der Waals surface area contributed by atoms with Gasteiger partial charge < -0.3 is 58.9 Å². The van der Waals surface area contributed by atoms with Gasteiger partial charge in [-0.1, -0.05) is 97.4 Å². The van der Waals surface area contributed by atoms with Crippen LogP contribution in [0.25, 0.3) is 0 Å². The van der Waals surface area contributed by atoms with Crippen LogP contribution in [0.2, 0.25) is 0 Å². The Kier molecular flexibility index (Phi) is 28.2. The van der Waals surface area contributed by atoms with E-state index in [-0.39, 0.29) is 117 Å². The summed E-state index contributed by atoms with van der Waals surface area (Å²) >= 11 is 1.27. The van der Waals surface area contributed by atoms with Gasteiger partial charge in [0.25, 0.3) is 5.91 Å². The lowest BCUT2D eigenvalue weighted by atomic mass is 9.83. The van der Waals surface area contributed by atoms with Crippen LogP contribution in [0.1, 0.15) is 122 Å². The van der Waals surface area contributed by atoms with E-state index in [1.54, 1.807) is 75.1 Å². The molecule has 3 aliphatic rings. The largest absolute Gasteiger partial charge is 0.445 e. The van der Waals surface area contributed by atoms with E-state index < -0.39 is 89.7 Å². The van der Waals surface area contributed by atoms with Crippen molar-refractivity contribution in [2.75, 3.05) is 79.5 Å². The van der Waals surface area contributed by atoms with Crippen molar-refractivity contribution >= 4 is 70.9 Å². The number of nitrogens with zero attached hydrogens (tertiary/aromatic N) is 4. The third-order valence-corrected chi connectivity index (χ3v) is 17.7. The molecule has 2 fully saturated rings. The van der Waals surface area contributed by atoms with Gasteiger partial charge in [0, 0.05) is 66.7 Å². The molecule has 8 amide bonds. The number of aliphatic hydroxyl groups is 1. The topological polar surface area (TPSA) is 278 Å².